The van der Waals surface area contributed by atoms with Crippen LogP contribution in [0.2, 0.25) is 0 Å². The highest BCUT2D eigenvalue weighted by Crippen LogP contribution is 2.31. The third kappa shape index (κ3) is 15.2. The number of primary amides is 1. The van der Waals surface area contributed by atoms with Gasteiger partial charge in [0.2, 0.25) is 5.91 Å². The zero-order valence-electron chi connectivity index (χ0n) is 35.5. The number of aldehydes is 1. The van der Waals surface area contributed by atoms with Gasteiger partial charge in [-0.15, -0.1) is 10.2 Å². The van der Waals surface area contributed by atoms with Crippen molar-refractivity contribution in [2.75, 3.05) is 41.4 Å². The van der Waals surface area contributed by atoms with Crippen LogP contribution in [0.15, 0.2) is 48.7 Å². The summed E-state index contributed by atoms with van der Waals surface area (Å²) in [6, 6.07) is 15.0. The summed E-state index contributed by atoms with van der Waals surface area (Å²) >= 11 is 0. The molecular weight excluding hydrogens is 753 g/mol. The second kappa shape index (κ2) is 25.6. The topological polar surface area (TPSA) is 223 Å². The van der Waals surface area contributed by atoms with Crippen molar-refractivity contribution in [1.82, 2.24) is 45.7 Å². The van der Waals surface area contributed by atoms with Gasteiger partial charge in [-0.3, -0.25) is 14.5 Å². The minimum absolute atomic E-state index is 0.0370. The predicted octanol–water partition coefficient (Wildman–Crippen LogP) is 6.28. The molecular formula is C43H62N10O6. The number of amides is 2. The van der Waals surface area contributed by atoms with E-state index in [1.165, 1.54) is 20.6 Å². The number of nitrogens with one attached hydrogen (secondary N) is 4. The zero-order chi connectivity index (χ0) is 43.2. The zero-order valence-corrected chi connectivity index (χ0v) is 35.5. The summed E-state index contributed by atoms with van der Waals surface area (Å²) in [5.74, 6) is 2.60. The third-order valence-corrected chi connectivity index (χ3v) is 10.1. The van der Waals surface area contributed by atoms with Crippen LogP contribution in [0.1, 0.15) is 89.8 Å². The molecule has 6 rings (SSSR count). The van der Waals surface area contributed by atoms with Crippen molar-refractivity contribution >= 4 is 46.7 Å². The lowest BCUT2D eigenvalue weighted by molar-refractivity contribution is -0.126. The first-order valence-electron chi connectivity index (χ1n) is 20.2. The standard InChI is InChI=1S/C32H38N8O.C7H15NO.C2H5NO2.C2H4O2/c1-3-4-10-31(41)33-15-6-5-9-30-34-20-28(35-30)23-12-11-21-17-25(38-39-26(21)18-23)22-13-14-24-27(19-22)37-32(36-24)29-8-7-16-40(29)2;1-4-6(2)7(5-9)8-3;1-5-2(3)4;1-4-2-3/h11-14,17-20,29H,3-10,15-16H2,1-2H3,(H,33,41)(H,34,35)(H,36,37);5-8H,4H2,1-3H3;1H3,(H2,3,4);2H,1H3. The van der Waals surface area contributed by atoms with Crippen molar-refractivity contribution in [1.29, 1.82) is 0 Å². The summed E-state index contributed by atoms with van der Waals surface area (Å²) in [6.07, 6.45) is 10.9. The van der Waals surface area contributed by atoms with Crippen LogP contribution in [0.4, 0.5) is 4.79 Å². The van der Waals surface area contributed by atoms with Crippen molar-refractivity contribution in [3.63, 3.8) is 0 Å². The summed E-state index contributed by atoms with van der Waals surface area (Å²) in [5, 5.41) is 16.1. The fourth-order valence-corrected chi connectivity index (χ4v) is 6.39. The van der Waals surface area contributed by atoms with Gasteiger partial charge in [-0.1, -0.05) is 51.8 Å². The van der Waals surface area contributed by atoms with Gasteiger partial charge in [0.1, 0.15) is 17.9 Å². The molecule has 3 unspecified atom stereocenters. The van der Waals surface area contributed by atoms with E-state index in [0.29, 0.717) is 24.9 Å². The monoisotopic (exact) mass is 814 g/mol. The highest BCUT2D eigenvalue weighted by Gasteiger charge is 2.25. The Kier molecular flexibility index (Phi) is 20.7. The SMILES string of the molecule is CCC(C)C(C=O)NC.CCCCC(=O)NCCCCc1ncc(-c2ccc3cc(-c4ccc5nc(C6CCCN6C)[nH]c5c4)nnc3c2)[nH]1.COC(N)=O.COC=O. The van der Waals surface area contributed by atoms with Gasteiger partial charge < -0.3 is 40.6 Å². The average molecular weight is 815 g/mol. The number of aryl methyl sites for hydroxylation is 1. The van der Waals surface area contributed by atoms with Crippen molar-refractivity contribution in [2.45, 2.75) is 90.6 Å². The number of aromatic amines is 2. The number of likely N-dealkylation sites (N-methyl/N-ethyl adjacent to an activating group) is 1. The molecule has 0 spiro atoms. The number of nitrogens with two attached hydrogens (primary N) is 1. The molecule has 0 bridgehead atoms. The molecule has 16 heteroatoms. The molecule has 1 aliphatic heterocycles. The first kappa shape index (κ1) is 47.6. The van der Waals surface area contributed by atoms with E-state index in [9.17, 15) is 14.4 Å². The maximum atomic E-state index is 11.7. The summed E-state index contributed by atoms with van der Waals surface area (Å²) < 4.78 is 7.75. The molecule has 2 aromatic carbocycles. The third-order valence-electron chi connectivity index (χ3n) is 10.1. The number of nitrogens with zero attached hydrogens (tertiary/aromatic N) is 5. The Bertz CT molecular complexity index is 2050. The van der Waals surface area contributed by atoms with E-state index >= 15 is 0 Å². The average Bonchev–Trinajstić information content (AvgIpc) is 4.03. The molecule has 3 aromatic heterocycles. The molecule has 1 aliphatic rings. The number of rotatable bonds is 16. The van der Waals surface area contributed by atoms with Crippen LogP contribution < -0.4 is 16.4 Å². The highest BCUT2D eigenvalue weighted by atomic mass is 16.5. The number of imidazole rings is 2. The molecule has 3 atom stereocenters. The highest BCUT2D eigenvalue weighted by molar-refractivity contribution is 5.87. The number of unbranched alkanes of at least 4 members (excludes halogenated alkanes) is 2. The molecule has 1 fully saturated rings. The number of carbonyl (C=O) groups is 4. The lowest BCUT2D eigenvalue weighted by Crippen LogP contribution is -2.32. The van der Waals surface area contributed by atoms with Crippen molar-refractivity contribution in [3.05, 3.63) is 60.3 Å². The molecule has 16 nitrogen and oxygen atoms in total. The molecule has 4 heterocycles. The number of fused-ring (bicyclic) bond motifs is 2. The van der Waals surface area contributed by atoms with Gasteiger partial charge in [0.05, 0.1) is 60.4 Å². The minimum atomic E-state index is -0.745. The summed E-state index contributed by atoms with van der Waals surface area (Å²) in [5.41, 5.74) is 11.1. The van der Waals surface area contributed by atoms with Crippen molar-refractivity contribution in [2.24, 2.45) is 11.7 Å². The first-order valence-corrected chi connectivity index (χ1v) is 20.2. The lowest BCUT2D eigenvalue weighted by atomic mass is 10.0. The molecule has 2 amide bonds. The van der Waals surface area contributed by atoms with Crippen LogP contribution in [0.3, 0.4) is 0 Å². The Morgan fingerprint density at radius 3 is 2.37 bits per heavy atom. The van der Waals surface area contributed by atoms with E-state index in [-0.39, 0.29) is 11.9 Å². The smallest absolute Gasteiger partial charge is 0.404 e. The second-order valence-corrected chi connectivity index (χ2v) is 14.3. The summed E-state index contributed by atoms with van der Waals surface area (Å²) in [7, 11) is 6.51. The molecule has 0 aliphatic carbocycles. The summed E-state index contributed by atoms with van der Waals surface area (Å²) in [6.45, 7) is 8.45. The maximum Gasteiger partial charge on any atom is 0.404 e. The number of ether oxygens (including phenoxy) is 2. The van der Waals surface area contributed by atoms with Gasteiger partial charge in [0, 0.05) is 35.9 Å². The second-order valence-electron chi connectivity index (χ2n) is 14.3. The van der Waals surface area contributed by atoms with Gasteiger partial charge in [0.25, 0.3) is 6.47 Å². The Balaban J connectivity index is 0.000000434. The molecule has 6 N–H and O–H groups in total. The van der Waals surface area contributed by atoms with Crippen molar-refractivity contribution in [3.8, 4) is 22.5 Å². The molecule has 5 aromatic rings. The van der Waals surface area contributed by atoms with Gasteiger partial charge in [-0.05, 0) is 82.9 Å². The Labute approximate surface area is 346 Å². The van der Waals surface area contributed by atoms with E-state index in [0.717, 1.165) is 120 Å². The van der Waals surface area contributed by atoms with Gasteiger partial charge >= 0.3 is 6.09 Å². The van der Waals surface area contributed by atoms with Crippen LogP contribution >= 0.6 is 0 Å². The number of hydrogen-bond acceptors (Lipinski definition) is 12. The van der Waals surface area contributed by atoms with E-state index in [4.69, 9.17) is 9.78 Å². The molecule has 0 saturated carbocycles. The lowest BCUT2D eigenvalue weighted by Gasteiger charge is -2.16. The van der Waals surface area contributed by atoms with Gasteiger partial charge in [-0.25, -0.2) is 14.8 Å². The molecule has 320 valence electrons. The number of carbonyl (C=O) groups excluding carboxylic acids is 4. The first-order chi connectivity index (χ1) is 28.5. The number of aromatic nitrogens is 6. The Hall–Kier alpha value is -5.74. The fourth-order valence-electron chi connectivity index (χ4n) is 6.39. The number of likely N-dealkylation sites (tertiary alicyclic amines) is 1. The van der Waals surface area contributed by atoms with E-state index in [2.05, 4.69) is 126 Å². The van der Waals surface area contributed by atoms with Crippen LogP contribution in [-0.2, 0) is 30.3 Å². The van der Waals surface area contributed by atoms with Gasteiger partial charge in [-0.2, -0.15) is 0 Å². The quantitative estimate of drug-likeness (QED) is 0.0549. The van der Waals surface area contributed by atoms with Crippen LogP contribution in [-0.4, -0.2) is 107 Å². The normalized spacial score (nSPS) is 14.4. The van der Waals surface area contributed by atoms with Crippen LogP contribution in [0, 0.1) is 5.92 Å². The molecule has 1 saturated heterocycles. The fraction of sp³-hybridized carbons (Fsp3) is 0.488. The largest absolute Gasteiger partial charge is 0.471 e. The maximum absolute atomic E-state index is 11.7. The molecule has 59 heavy (non-hydrogen) atoms. The van der Waals surface area contributed by atoms with Crippen LogP contribution in [0.25, 0.3) is 44.5 Å². The van der Waals surface area contributed by atoms with E-state index < -0.39 is 6.09 Å². The van der Waals surface area contributed by atoms with Crippen LogP contribution in [0.5, 0.6) is 0 Å². The van der Waals surface area contributed by atoms with Crippen molar-refractivity contribution < 1.29 is 28.7 Å². The number of H-pyrrole nitrogens is 2. The van der Waals surface area contributed by atoms with Gasteiger partial charge in [0.15, 0.2) is 0 Å². The Morgan fingerprint density at radius 2 is 1.76 bits per heavy atom. The number of hydrogen-bond donors (Lipinski definition) is 5. The molecule has 0 radical (unpaired) electrons. The number of benzene rings is 2. The summed E-state index contributed by atoms with van der Waals surface area (Å²) in [4.78, 5) is 59.1. The Morgan fingerprint density at radius 1 is 1.02 bits per heavy atom. The van der Waals surface area contributed by atoms with E-state index in [1.807, 2.05) is 13.2 Å². The van der Waals surface area contributed by atoms with E-state index in [1.54, 1.807) is 0 Å². The number of methoxy groups -OCH3 is 2. The predicted molar refractivity (Wildman–Crippen MR) is 230 cm³/mol. The minimum Gasteiger partial charge on any atom is -0.471 e.